The normalized spacial score (nSPS) is 31.0. The van der Waals surface area contributed by atoms with Crippen molar-refractivity contribution in [3.63, 3.8) is 0 Å². The molecule has 1 aromatic rings. The molecule has 0 bridgehead atoms. The van der Waals surface area contributed by atoms with Gasteiger partial charge in [0, 0.05) is 19.0 Å². The molecule has 3 aliphatic rings. The zero-order valence-corrected chi connectivity index (χ0v) is 19.2. The average molecular weight is 447 g/mol. The number of esters is 1. The van der Waals surface area contributed by atoms with Crippen LogP contribution in [0.4, 0.5) is 0 Å². The maximum absolute atomic E-state index is 13.1. The first kappa shape index (κ1) is 22.6. The van der Waals surface area contributed by atoms with E-state index >= 15 is 0 Å². The Morgan fingerprint density at radius 3 is 2.31 bits per heavy atom. The van der Waals surface area contributed by atoms with Crippen LogP contribution in [0, 0.1) is 16.2 Å². The summed E-state index contributed by atoms with van der Waals surface area (Å²) in [4.78, 5) is 38.7. The van der Waals surface area contributed by atoms with Crippen molar-refractivity contribution >= 4 is 11.8 Å². The number of ether oxygens (including phenoxy) is 1. The van der Waals surface area contributed by atoms with Crippen LogP contribution in [0.2, 0.25) is 0 Å². The number of carbonyl (C=O) groups is 1. The molecule has 4 rings (SSSR count). The molecule has 0 unspecified atom stereocenters. The van der Waals surface area contributed by atoms with Gasteiger partial charge in [-0.1, -0.05) is 13.3 Å². The molecule has 4 N–H and O–H groups in total. The summed E-state index contributed by atoms with van der Waals surface area (Å²) < 4.78 is 7.93. The van der Waals surface area contributed by atoms with E-state index in [1.807, 2.05) is 20.8 Å². The third-order valence-corrected chi connectivity index (χ3v) is 7.73. The van der Waals surface area contributed by atoms with E-state index in [1.54, 1.807) is 0 Å². The molecule has 2 spiro atoms. The van der Waals surface area contributed by atoms with Gasteiger partial charge in [0.15, 0.2) is 0 Å². The lowest BCUT2D eigenvalue weighted by atomic mass is 9.47. The van der Waals surface area contributed by atoms with Crippen molar-refractivity contribution in [1.82, 2.24) is 9.13 Å². The van der Waals surface area contributed by atoms with Gasteiger partial charge in [-0.2, -0.15) is 0 Å². The minimum absolute atomic E-state index is 0.0567. The summed E-state index contributed by atoms with van der Waals surface area (Å²) in [5.74, 6) is -1.15. The molecule has 0 aromatic carbocycles. The molecule has 1 aliphatic heterocycles. The van der Waals surface area contributed by atoms with Gasteiger partial charge < -0.3 is 15.6 Å². The van der Waals surface area contributed by atoms with E-state index in [1.165, 1.54) is 9.13 Å². The molecule has 1 saturated heterocycles. The van der Waals surface area contributed by atoms with E-state index in [4.69, 9.17) is 15.9 Å². The van der Waals surface area contributed by atoms with Crippen molar-refractivity contribution in [2.75, 3.05) is 0 Å². The fraction of sp³-hybridized carbons (Fsp3) is 0.739. The molecule has 176 valence electrons. The molecule has 9 heteroatoms. The Hall–Kier alpha value is -2.58. The van der Waals surface area contributed by atoms with Crippen molar-refractivity contribution in [2.24, 2.45) is 16.6 Å². The number of hydrogen-bond donors (Lipinski definition) is 3. The molecule has 2 heterocycles. The number of nitrogens with one attached hydrogen (secondary N) is 1. The molecule has 0 radical (unpaired) electrons. The number of rotatable bonds is 5. The number of hydrogen-bond acceptors (Lipinski definition) is 6. The van der Waals surface area contributed by atoms with Gasteiger partial charge in [0.05, 0.1) is 5.41 Å². The van der Waals surface area contributed by atoms with Gasteiger partial charge in [0.25, 0.3) is 5.56 Å². The lowest BCUT2D eigenvalue weighted by Gasteiger charge is -2.55. The van der Waals surface area contributed by atoms with Gasteiger partial charge in [-0.05, 0) is 64.2 Å². The molecule has 2 saturated carbocycles. The van der Waals surface area contributed by atoms with Gasteiger partial charge in [-0.3, -0.25) is 24.1 Å². The standard InChI is InChI=1S/C23H34N4O5/c1-4-5-10-26-17(28)15(16(24)25)18(29)27(20(26)31)14-6-8-22(9-7-14)12-23(13-22)11-21(2,3)32-19(23)30/h14,28H,4-13H2,1-3H3,(H3,24,25). The zero-order valence-electron chi connectivity index (χ0n) is 19.2. The lowest BCUT2D eigenvalue weighted by molar-refractivity contribution is -0.164. The first-order valence-corrected chi connectivity index (χ1v) is 11.6. The monoisotopic (exact) mass is 446 g/mol. The molecule has 1 aromatic heterocycles. The second kappa shape index (κ2) is 7.49. The van der Waals surface area contributed by atoms with E-state index in [0.717, 1.165) is 38.5 Å². The van der Waals surface area contributed by atoms with Crippen LogP contribution in [-0.2, 0) is 16.1 Å². The summed E-state index contributed by atoms with van der Waals surface area (Å²) >= 11 is 0. The number of nitrogens with two attached hydrogens (primary N) is 1. The van der Waals surface area contributed by atoms with E-state index in [-0.39, 0.29) is 34.9 Å². The zero-order chi connectivity index (χ0) is 23.5. The van der Waals surface area contributed by atoms with Crippen LogP contribution >= 0.6 is 0 Å². The lowest BCUT2D eigenvalue weighted by Crippen LogP contribution is -2.52. The molecule has 9 nitrogen and oxygen atoms in total. The Balaban J connectivity index is 1.57. The largest absolute Gasteiger partial charge is 0.494 e. The Kier molecular flexibility index (Phi) is 5.29. The average Bonchev–Trinajstić information content (AvgIpc) is 2.90. The van der Waals surface area contributed by atoms with Crippen LogP contribution in [0.3, 0.4) is 0 Å². The van der Waals surface area contributed by atoms with Gasteiger partial charge >= 0.3 is 11.7 Å². The number of carbonyl (C=O) groups excluding carboxylic acids is 1. The van der Waals surface area contributed by atoms with E-state index in [0.29, 0.717) is 19.3 Å². The quantitative estimate of drug-likeness (QED) is 0.360. The molecule has 32 heavy (non-hydrogen) atoms. The maximum atomic E-state index is 13.1. The fourth-order valence-electron chi connectivity index (χ4n) is 6.50. The SMILES string of the molecule is CCCCn1c(O)c(C(=N)N)c(=O)n(C2CCC3(CC2)CC2(C3)CC(C)(C)OC2=O)c1=O. The number of nitrogen functional groups attached to an aromatic ring is 1. The number of nitrogens with zero attached hydrogens (tertiary/aromatic N) is 2. The topological polar surface area (TPSA) is 140 Å². The second-order valence-corrected chi connectivity index (χ2v) is 10.8. The predicted octanol–water partition coefficient (Wildman–Crippen LogP) is 2.41. The number of unbranched alkanes of at least 4 members (excludes halogenated alkanes) is 1. The van der Waals surface area contributed by atoms with E-state index < -0.39 is 28.6 Å². The van der Waals surface area contributed by atoms with Crippen LogP contribution in [0.1, 0.15) is 90.2 Å². The fourth-order valence-corrected chi connectivity index (χ4v) is 6.50. The summed E-state index contributed by atoms with van der Waals surface area (Å²) in [5.41, 5.74) is 3.31. The summed E-state index contributed by atoms with van der Waals surface area (Å²) in [6.45, 7) is 6.14. The third-order valence-electron chi connectivity index (χ3n) is 7.73. The second-order valence-electron chi connectivity index (χ2n) is 10.8. The summed E-state index contributed by atoms with van der Waals surface area (Å²) in [5, 5.41) is 18.2. The number of cyclic esters (lactones) is 1. The van der Waals surface area contributed by atoms with Crippen LogP contribution in [0.5, 0.6) is 5.88 Å². The Labute approximate surface area is 187 Å². The highest BCUT2D eigenvalue weighted by molar-refractivity contribution is 5.96. The first-order valence-electron chi connectivity index (χ1n) is 11.6. The molecule has 0 amide bonds. The van der Waals surface area contributed by atoms with Crippen molar-refractivity contribution in [3.05, 3.63) is 26.4 Å². The van der Waals surface area contributed by atoms with Crippen molar-refractivity contribution in [2.45, 2.75) is 96.7 Å². The summed E-state index contributed by atoms with van der Waals surface area (Å²) in [6.07, 6.45) is 6.75. The van der Waals surface area contributed by atoms with E-state index in [2.05, 4.69) is 0 Å². The van der Waals surface area contributed by atoms with Crippen LogP contribution in [-0.4, -0.2) is 31.6 Å². The maximum Gasteiger partial charge on any atom is 0.334 e. The van der Waals surface area contributed by atoms with Crippen LogP contribution in [0.15, 0.2) is 9.59 Å². The smallest absolute Gasteiger partial charge is 0.334 e. The van der Waals surface area contributed by atoms with Crippen molar-refractivity contribution < 1.29 is 14.6 Å². The summed E-state index contributed by atoms with van der Waals surface area (Å²) in [7, 11) is 0. The first-order chi connectivity index (χ1) is 14.9. The van der Waals surface area contributed by atoms with Gasteiger partial charge in [-0.15, -0.1) is 0 Å². The van der Waals surface area contributed by atoms with Gasteiger partial charge in [0.2, 0.25) is 5.88 Å². The highest BCUT2D eigenvalue weighted by atomic mass is 16.6. The van der Waals surface area contributed by atoms with Gasteiger partial charge in [-0.25, -0.2) is 4.79 Å². The summed E-state index contributed by atoms with van der Waals surface area (Å²) in [6, 6.07) is -0.310. The third kappa shape index (κ3) is 3.46. The molecule has 0 atom stereocenters. The predicted molar refractivity (Wildman–Crippen MR) is 119 cm³/mol. The molecular weight excluding hydrogens is 412 g/mol. The Morgan fingerprint density at radius 2 is 1.81 bits per heavy atom. The number of aromatic nitrogens is 2. The van der Waals surface area contributed by atoms with Crippen molar-refractivity contribution in [3.8, 4) is 5.88 Å². The molecule has 2 aliphatic carbocycles. The van der Waals surface area contributed by atoms with Crippen LogP contribution < -0.4 is 17.0 Å². The Bertz CT molecular complexity index is 1070. The number of aromatic hydroxyl groups is 1. The van der Waals surface area contributed by atoms with E-state index in [9.17, 15) is 19.5 Å². The molecule has 3 fully saturated rings. The minimum atomic E-state index is -0.695. The highest BCUT2D eigenvalue weighted by Crippen LogP contribution is 2.67. The van der Waals surface area contributed by atoms with Gasteiger partial charge in [0.1, 0.15) is 17.0 Å². The highest BCUT2D eigenvalue weighted by Gasteiger charge is 2.65. The van der Waals surface area contributed by atoms with Crippen LogP contribution in [0.25, 0.3) is 0 Å². The van der Waals surface area contributed by atoms with Crippen molar-refractivity contribution in [1.29, 1.82) is 5.41 Å². The minimum Gasteiger partial charge on any atom is -0.494 e. The Morgan fingerprint density at radius 1 is 1.19 bits per heavy atom. The number of amidine groups is 1. The molecular formula is C23H34N4O5.